The summed E-state index contributed by atoms with van der Waals surface area (Å²) >= 11 is 0. The molecule has 0 aromatic carbocycles. The maximum absolute atomic E-state index is 5.87. The molecule has 0 aromatic rings. The minimum atomic E-state index is -1.24. The molecular formula is C11H24OSi. The highest BCUT2D eigenvalue weighted by Crippen LogP contribution is 2.26. The van der Waals surface area contributed by atoms with Crippen LogP contribution in [0, 0.1) is 5.92 Å². The van der Waals surface area contributed by atoms with Crippen LogP contribution >= 0.6 is 0 Å². The minimum Gasteiger partial charge on any atom is -0.418 e. The Hall–Kier alpha value is 0.177. The monoisotopic (exact) mass is 200 g/mol. The molecule has 1 aliphatic rings. The second kappa shape index (κ2) is 5.16. The van der Waals surface area contributed by atoms with Crippen molar-refractivity contribution in [2.24, 2.45) is 5.92 Å². The molecule has 13 heavy (non-hydrogen) atoms. The van der Waals surface area contributed by atoms with Gasteiger partial charge in [0.05, 0.1) is 0 Å². The standard InChI is InChI=1S/C11H24OSi/c1-13(2,3)12-10-9-11-7-5-4-6-8-11/h11H,4-10H2,1-3H3. The van der Waals surface area contributed by atoms with Crippen LogP contribution in [0.3, 0.4) is 0 Å². The summed E-state index contributed by atoms with van der Waals surface area (Å²) in [6, 6.07) is 0. The van der Waals surface area contributed by atoms with Crippen molar-refractivity contribution in [3.63, 3.8) is 0 Å². The van der Waals surface area contributed by atoms with Crippen LogP contribution in [-0.4, -0.2) is 14.9 Å². The molecule has 0 aromatic heterocycles. The van der Waals surface area contributed by atoms with Gasteiger partial charge in [-0.3, -0.25) is 0 Å². The fourth-order valence-corrected chi connectivity index (χ4v) is 2.74. The molecule has 0 radical (unpaired) electrons. The first kappa shape index (κ1) is 11.3. The zero-order valence-electron chi connectivity index (χ0n) is 9.44. The van der Waals surface area contributed by atoms with E-state index in [1.54, 1.807) is 0 Å². The molecule has 1 fully saturated rings. The summed E-state index contributed by atoms with van der Waals surface area (Å²) in [7, 11) is -1.24. The van der Waals surface area contributed by atoms with Crippen molar-refractivity contribution in [2.45, 2.75) is 58.2 Å². The van der Waals surface area contributed by atoms with Gasteiger partial charge in [0, 0.05) is 6.61 Å². The summed E-state index contributed by atoms with van der Waals surface area (Å²) in [5, 5.41) is 0. The first-order valence-electron chi connectivity index (χ1n) is 5.72. The summed E-state index contributed by atoms with van der Waals surface area (Å²) in [6.07, 6.45) is 8.59. The first-order valence-corrected chi connectivity index (χ1v) is 9.13. The maximum Gasteiger partial charge on any atom is 0.183 e. The summed E-state index contributed by atoms with van der Waals surface area (Å²) in [4.78, 5) is 0. The molecule has 1 aliphatic carbocycles. The Morgan fingerprint density at radius 3 is 2.23 bits per heavy atom. The average molecular weight is 200 g/mol. The summed E-state index contributed by atoms with van der Waals surface area (Å²) in [6.45, 7) is 7.83. The van der Waals surface area contributed by atoms with E-state index in [1.165, 1.54) is 38.5 Å². The minimum absolute atomic E-state index is 0.977. The lowest BCUT2D eigenvalue weighted by Gasteiger charge is -2.23. The zero-order valence-corrected chi connectivity index (χ0v) is 10.4. The molecule has 0 unspecified atom stereocenters. The smallest absolute Gasteiger partial charge is 0.183 e. The Morgan fingerprint density at radius 1 is 1.08 bits per heavy atom. The highest BCUT2D eigenvalue weighted by atomic mass is 28.4. The molecule has 0 saturated heterocycles. The van der Waals surface area contributed by atoms with Crippen LogP contribution in [0.15, 0.2) is 0 Å². The van der Waals surface area contributed by atoms with Gasteiger partial charge in [-0.1, -0.05) is 32.1 Å². The SMILES string of the molecule is C[Si](C)(C)OCCC1CCCCC1. The van der Waals surface area contributed by atoms with E-state index in [0.717, 1.165) is 12.5 Å². The lowest BCUT2D eigenvalue weighted by atomic mass is 9.87. The van der Waals surface area contributed by atoms with Crippen LogP contribution in [0.25, 0.3) is 0 Å². The molecule has 1 rings (SSSR count). The van der Waals surface area contributed by atoms with Crippen molar-refractivity contribution in [3.05, 3.63) is 0 Å². The van der Waals surface area contributed by atoms with E-state index in [9.17, 15) is 0 Å². The summed E-state index contributed by atoms with van der Waals surface area (Å²) < 4.78 is 5.87. The number of hydrogen-bond donors (Lipinski definition) is 0. The fraction of sp³-hybridized carbons (Fsp3) is 1.00. The predicted molar refractivity (Wildman–Crippen MR) is 60.5 cm³/mol. The van der Waals surface area contributed by atoms with E-state index in [2.05, 4.69) is 19.6 Å². The van der Waals surface area contributed by atoms with Crippen LogP contribution in [0.1, 0.15) is 38.5 Å². The molecule has 0 atom stereocenters. The van der Waals surface area contributed by atoms with E-state index in [1.807, 2.05) is 0 Å². The average Bonchev–Trinajstić information content (AvgIpc) is 2.04. The van der Waals surface area contributed by atoms with Crippen molar-refractivity contribution < 1.29 is 4.43 Å². The van der Waals surface area contributed by atoms with E-state index >= 15 is 0 Å². The van der Waals surface area contributed by atoms with Crippen LogP contribution in [0.4, 0.5) is 0 Å². The van der Waals surface area contributed by atoms with Gasteiger partial charge in [-0.05, 0) is 32.0 Å². The Morgan fingerprint density at radius 2 is 1.69 bits per heavy atom. The normalized spacial score (nSPS) is 20.5. The van der Waals surface area contributed by atoms with Gasteiger partial charge < -0.3 is 4.43 Å². The molecule has 0 amide bonds. The predicted octanol–water partition coefficient (Wildman–Crippen LogP) is 3.81. The van der Waals surface area contributed by atoms with Crippen molar-refractivity contribution in [3.8, 4) is 0 Å². The highest BCUT2D eigenvalue weighted by Gasteiger charge is 2.17. The van der Waals surface area contributed by atoms with Crippen molar-refractivity contribution in [1.29, 1.82) is 0 Å². The van der Waals surface area contributed by atoms with E-state index in [4.69, 9.17) is 4.43 Å². The third-order valence-electron chi connectivity index (χ3n) is 2.79. The fourth-order valence-electron chi connectivity index (χ4n) is 2.01. The van der Waals surface area contributed by atoms with Gasteiger partial charge in [-0.15, -0.1) is 0 Å². The molecular weight excluding hydrogens is 176 g/mol. The molecule has 2 heteroatoms. The lowest BCUT2D eigenvalue weighted by Crippen LogP contribution is -2.26. The first-order chi connectivity index (χ1) is 6.08. The van der Waals surface area contributed by atoms with Gasteiger partial charge >= 0.3 is 0 Å². The van der Waals surface area contributed by atoms with Gasteiger partial charge in [0.25, 0.3) is 0 Å². The third-order valence-corrected chi connectivity index (χ3v) is 3.86. The van der Waals surface area contributed by atoms with Crippen LogP contribution in [-0.2, 0) is 4.43 Å². The molecule has 78 valence electrons. The Labute approximate surface area is 84.0 Å². The molecule has 0 bridgehead atoms. The van der Waals surface area contributed by atoms with Crippen molar-refractivity contribution in [1.82, 2.24) is 0 Å². The Balaban J connectivity index is 2.04. The van der Waals surface area contributed by atoms with E-state index in [-0.39, 0.29) is 0 Å². The topological polar surface area (TPSA) is 9.23 Å². The van der Waals surface area contributed by atoms with E-state index in [0.29, 0.717) is 0 Å². The third kappa shape index (κ3) is 5.48. The molecule has 1 saturated carbocycles. The highest BCUT2D eigenvalue weighted by molar-refractivity contribution is 6.69. The molecule has 0 spiro atoms. The van der Waals surface area contributed by atoms with Gasteiger partial charge in [0.2, 0.25) is 0 Å². The van der Waals surface area contributed by atoms with Crippen LogP contribution < -0.4 is 0 Å². The van der Waals surface area contributed by atoms with Gasteiger partial charge in [0.15, 0.2) is 8.32 Å². The summed E-state index contributed by atoms with van der Waals surface area (Å²) in [5.74, 6) is 0.977. The van der Waals surface area contributed by atoms with Crippen LogP contribution in [0.2, 0.25) is 19.6 Å². The van der Waals surface area contributed by atoms with Gasteiger partial charge in [-0.2, -0.15) is 0 Å². The molecule has 0 N–H and O–H groups in total. The Bertz CT molecular complexity index is 134. The van der Waals surface area contributed by atoms with Gasteiger partial charge in [0.1, 0.15) is 0 Å². The molecule has 0 aliphatic heterocycles. The second-order valence-corrected chi connectivity index (χ2v) is 9.77. The maximum atomic E-state index is 5.87. The second-order valence-electron chi connectivity index (χ2n) is 5.25. The number of rotatable bonds is 4. The number of hydrogen-bond acceptors (Lipinski definition) is 1. The summed E-state index contributed by atoms with van der Waals surface area (Å²) in [5.41, 5.74) is 0. The van der Waals surface area contributed by atoms with Crippen molar-refractivity contribution >= 4 is 8.32 Å². The van der Waals surface area contributed by atoms with E-state index < -0.39 is 8.32 Å². The van der Waals surface area contributed by atoms with Crippen LogP contribution in [0.5, 0.6) is 0 Å². The molecule has 1 nitrogen and oxygen atoms in total. The van der Waals surface area contributed by atoms with Crippen molar-refractivity contribution in [2.75, 3.05) is 6.61 Å². The molecule has 0 heterocycles. The zero-order chi connectivity index (χ0) is 9.73. The Kier molecular flexibility index (Phi) is 4.46. The van der Waals surface area contributed by atoms with Gasteiger partial charge in [-0.25, -0.2) is 0 Å². The lowest BCUT2D eigenvalue weighted by molar-refractivity contribution is 0.242. The quantitative estimate of drug-likeness (QED) is 0.627. The largest absolute Gasteiger partial charge is 0.418 e.